The van der Waals surface area contributed by atoms with Gasteiger partial charge in [-0.2, -0.15) is 5.26 Å². The van der Waals surface area contributed by atoms with Gasteiger partial charge in [-0.25, -0.2) is 12.7 Å². The smallest absolute Gasteiger partial charge is 0.211 e. The Balaban J connectivity index is 4.80. The Labute approximate surface area is 112 Å². The minimum Gasteiger partial charge on any atom is -0.211 e. The molecule has 0 saturated heterocycles. The van der Waals surface area contributed by atoms with E-state index in [0.29, 0.717) is 24.9 Å². The van der Waals surface area contributed by atoms with Gasteiger partial charge in [0.05, 0.1) is 6.07 Å². The summed E-state index contributed by atoms with van der Waals surface area (Å²) in [5.74, 6) is 0.915. The Hall–Kier alpha value is -0.600. The van der Waals surface area contributed by atoms with Crippen LogP contribution in [0.15, 0.2) is 0 Å². The van der Waals surface area contributed by atoms with E-state index in [9.17, 15) is 8.42 Å². The van der Waals surface area contributed by atoms with Crippen LogP contribution < -0.4 is 0 Å². The van der Waals surface area contributed by atoms with E-state index in [1.807, 2.05) is 6.07 Å². The van der Waals surface area contributed by atoms with Gasteiger partial charge in [-0.15, -0.1) is 0 Å². The summed E-state index contributed by atoms with van der Waals surface area (Å²) in [6.07, 6.45) is 1.66. The highest BCUT2D eigenvalue weighted by atomic mass is 32.2. The monoisotopic (exact) mass is 274 g/mol. The summed E-state index contributed by atoms with van der Waals surface area (Å²) in [6, 6.07) is 1.83. The minimum atomic E-state index is -3.47. The molecule has 0 aliphatic carbocycles. The van der Waals surface area contributed by atoms with E-state index in [2.05, 4.69) is 27.7 Å². The second-order valence-corrected chi connectivity index (χ2v) is 7.83. The summed E-state index contributed by atoms with van der Waals surface area (Å²) in [5, 5.41) is 7.86. The first-order chi connectivity index (χ1) is 8.21. The third-order valence-electron chi connectivity index (χ3n) is 2.90. The average molecular weight is 274 g/mol. The molecule has 1 atom stereocenters. The fraction of sp³-hybridized carbons (Fsp3) is 0.923. The molecule has 0 saturated carbocycles. The summed E-state index contributed by atoms with van der Waals surface area (Å²) in [7, 11) is -3.47. The number of hydrogen-bond donors (Lipinski definition) is 0. The van der Waals surface area contributed by atoms with E-state index in [1.165, 1.54) is 11.2 Å². The van der Waals surface area contributed by atoms with Gasteiger partial charge in [0, 0.05) is 13.1 Å². The van der Waals surface area contributed by atoms with Crippen molar-refractivity contribution in [1.82, 2.24) is 4.31 Å². The highest BCUT2D eigenvalue weighted by Crippen LogP contribution is 2.14. The maximum absolute atomic E-state index is 12.2. The van der Waals surface area contributed by atoms with Crippen molar-refractivity contribution < 1.29 is 8.42 Å². The molecule has 0 fully saturated rings. The number of rotatable bonds is 8. The average Bonchev–Trinajstić information content (AvgIpc) is 2.26. The topological polar surface area (TPSA) is 61.2 Å². The summed E-state index contributed by atoms with van der Waals surface area (Å²) in [6.45, 7) is 10.8. The Morgan fingerprint density at radius 2 is 1.39 bits per heavy atom. The lowest BCUT2D eigenvalue weighted by molar-refractivity contribution is 0.355. The lowest BCUT2D eigenvalue weighted by Crippen LogP contribution is -2.39. The van der Waals surface area contributed by atoms with Gasteiger partial charge in [0.1, 0.15) is 0 Å². The largest absolute Gasteiger partial charge is 0.230 e. The predicted octanol–water partition coefficient (Wildman–Crippen LogP) is 2.62. The Bertz CT molecular complexity index is 357. The molecule has 0 aliphatic heterocycles. The highest BCUT2D eigenvalue weighted by molar-refractivity contribution is 7.89. The summed E-state index contributed by atoms with van der Waals surface area (Å²) < 4.78 is 25.9. The van der Waals surface area contributed by atoms with Crippen molar-refractivity contribution in [3.8, 4) is 6.07 Å². The molecule has 0 amide bonds. The van der Waals surface area contributed by atoms with E-state index < -0.39 is 15.3 Å². The van der Waals surface area contributed by atoms with Gasteiger partial charge in [-0.3, -0.25) is 0 Å². The number of hydrogen-bond acceptors (Lipinski definition) is 3. The van der Waals surface area contributed by atoms with Crippen molar-refractivity contribution in [3.05, 3.63) is 0 Å². The molecule has 4 nitrogen and oxygen atoms in total. The first kappa shape index (κ1) is 17.4. The molecule has 0 N–H and O–H groups in total. The van der Waals surface area contributed by atoms with E-state index in [1.54, 1.807) is 0 Å². The zero-order valence-corrected chi connectivity index (χ0v) is 13.0. The Morgan fingerprint density at radius 3 is 1.67 bits per heavy atom. The van der Waals surface area contributed by atoms with Crippen molar-refractivity contribution in [3.63, 3.8) is 0 Å². The van der Waals surface area contributed by atoms with Crippen LogP contribution in [0.3, 0.4) is 0 Å². The minimum absolute atomic E-state index is 0.458. The molecule has 0 aromatic rings. The summed E-state index contributed by atoms with van der Waals surface area (Å²) in [5.41, 5.74) is 0. The van der Waals surface area contributed by atoms with Gasteiger partial charge in [0.2, 0.25) is 10.0 Å². The molecular weight excluding hydrogens is 248 g/mol. The van der Waals surface area contributed by atoms with Gasteiger partial charge in [-0.05, 0) is 31.6 Å². The van der Waals surface area contributed by atoms with Crippen molar-refractivity contribution in [2.75, 3.05) is 13.1 Å². The van der Waals surface area contributed by atoms with E-state index in [0.717, 1.165) is 12.8 Å². The van der Waals surface area contributed by atoms with Crippen LogP contribution in [0.25, 0.3) is 0 Å². The van der Waals surface area contributed by atoms with Gasteiger partial charge in [-0.1, -0.05) is 27.7 Å². The van der Waals surface area contributed by atoms with Crippen LogP contribution in [0.2, 0.25) is 0 Å². The summed E-state index contributed by atoms with van der Waals surface area (Å²) in [4.78, 5) is 0. The quantitative estimate of drug-likeness (QED) is 0.683. The second kappa shape index (κ2) is 7.75. The molecule has 106 valence electrons. The standard InChI is InChI=1S/C13H26N2O2S/c1-11(2)6-8-15(9-7-12(3)4)18(16,17)13(5)10-14/h11-13H,6-9H2,1-5H3. The SMILES string of the molecule is CC(C)CCN(CCC(C)C)S(=O)(=O)C(C)C#N. The van der Waals surface area contributed by atoms with Crippen molar-refractivity contribution in [1.29, 1.82) is 5.26 Å². The Morgan fingerprint density at radius 1 is 1.00 bits per heavy atom. The maximum atomic E-state index is 12.2. The van der Waals surface area contributed by atoms with Crippen LogP contribution in [0.1, 0.15) is 47.5 Å². The molecule has 0 spiro atoms. The number of nitrogens with zero attached hydrogens (tertiary/aromatic N) is 2. The molecule has 0 aromatic carbocycles. The molecule has 0 radical (unpaired) electrons. The molecular formula is C13H26N2O2S. The molecule has 0 rings (SSSR count). The van der Waals surface area contributed by atoms with Crippen LogP contribution in [0, 0.1) is 23.2 Å². The van der Waals surface area contributed by atoms with E-state index >= 15 is 0 Å². The van der Waals surface area contributed by atoms with Gasteiger partial charge >= 0.3 is 0 Å². The predicted molar refractivity (Wildman–Crippen MR) is 74.5 cm³/mol. The molecule has 0 aliphatic rings. The molecule has 5 heteroatoms. The summed E-state index contributed by atoms with van der Waals surface area (Å²) >= 11 is 0. The number of sulfonamides is 1. The van der Waals surface area contributed by atoms with Crippen molar-refractivity contribution in [2.24, 2.45) is 11.8 Å². The van der Waals surface area contributed by atoms with Crippen molar-refractivity contribution in [2.45, 2.75) is 52.7 Å². The van der Waals surface area contributed by atoms with E-state index in [-0.39, 0.29) is 0 Å². The third kappa shape index (κ3) is 5.83. The molecule has 0 bridgehead atoms. The third-order valence-corrected chi connectivity index (χ3v) is 4.98. The van der Waals surface area contributed by atoms with Gasteiger partial charge < -0.3 is 0 Å². The molecule has 0 aromatic heterocycles. The zero-order valence-electron chi connectivity index (χ0n) is 12.2. The first-order valence-corrected chi connectivity index (χ1v) is 8.10. The van der Waals surface area contributed by atoms with Crippen LogP contribution in [0.4, 0.5) is 0 Å². The maximum Gasteiger partial charge on any atom is 0.230 e. The van der Waals surface area contributed by atoms with Gasteiger partial charge in [0.25, 0.3) is 0 Å². The van der Waals surface area contributed by atoms with Crippen LogP contribution in [0.5, 0.6) is 0 Å². The van der Waals surface area contributed by atoms with E-state index in [4.69, 9.17) is 5.26 Å². The fourth-order valence-corrected chi connectivity index (χ4v) is 2.76. The first-order valence-electron chi connectivity index (χ1n) is 6.60. The zero-order chi connectivity index (χ0) is 14.3. The highest BCUT2D eigenvalue weighted by Gasteiger charge is 2.28. The lowest BCUT2D eigenvalue weighted by atomic mass is 10.1. The van der Waals surface area contributed by atoms with Crippen LogP contribution in [-0.2, 0) is 10.0 Å². The molecule has 0 heterocycles. The number of nitriles is 1. The van der Waals surface area contributed by atoms with Crippen LogP contribution in [-0.4, -0.2) is 31.1 Å². The molecule has 18 heavy (non-hydrogen) atoms. The lowest BCUT2D eigenvalue weighted by Gasteiger charge is -2.24. The normalized spacial score (nSPS) is 14.2. The van der Waals surface area contributed by atoms with Crippen molar-refractivity contribution >= 4 is 10.0 Å². The van der Waals surface area contributed by atoms with Gasteiger partial charge in [0.15, 0.2) is 5.25 Å². The second-order valence-electron chi connectivity index (χ2n) is 5.58. The molecule has 1 unspecified atom stereocenters. The fourth-order valence-electron chi connectivity index (χ4n) is 1.46. The van der Waals surface area contributed by atoms with Crippen LogP contribution >= 0.6 is 0 Å². The Kier molecular flexibility index (Phi) is 7.49.